The van der Waals surface area contributed by atoms with Gasteiger partial charge in [0.25, 0.3) is 0 Å². The summed E-state index contributed by atoms with van der Waals surface area (Å²) in [5.41, 5.74) is 6.60. The predicted octanol–water partition coefficient (Wildman–Crippen LogP) is -0.765. The summed E-state index contributed by atoms with van der Waals surface area (Å²) >= 11 is 0. The normalized spacial score (nSPS) is 15.2. The molecule has 0 aliphatic carbocycles. The number of benzene rings is 1. The molecule has 10 N–H and O–H groups in total. The molecular weight excluding hydrogens is 578 g/mol. The summed E-state index contributed by atoms with van der Waals surface area (Å²) in [6, 6.07) is -0.552. The highest BCUT2D eigenvalue weighted by Crippen LogP contribution is 2.13. The number of aromatic hydroxyl groups is 1. The Balaban J connectivity index is 3.04. The molecule has 0 fully saturated rings. The summed E-state index contributed by atoms with van der Waals surface area (Å²) in [5.74, 6) is -6.51. The molecule has 0 aliphatic rings. The Hall–Kier alpha value is -4.24. The number of carbonyl (C=O) groups excluding carboxylic acids is 4. The minimum absolute atomic E-state index is 0.0353. The van der Waals surface area contributed by atoms with E-state index >= 15 is 0 Å². The van der Waals surface area contributed by atoms with Gasteiger partial charge in [0.15, 0.2) is 0 Å². The van der Waals surface area contributed by atoms with Crippen LogP contribution in [0.3, 0.4) is 0 Å². The van der Waals surface area contributed by atoms with Crippen LogP contribution in [0.25, 0.3) is 0 Å². The van der Waals surface area contributed by atoms with E-state index < -0.39 is 84.7 Å². The number of rotatable bonds is 19. The van der Waals surface area contributed by atoms with E-state index in [1.165, 1.54) is 12.1 Å². The largest absolute Gasteiger partial charge is 0.508 e. The molecule has 1 aromatic rings. The molecule has 0 unspecified atom stereocenters. The molecule has 15 heteroatoms. The lowest BCUT2D eigenvalue weighted by molar-refractivity contribution is -0.143. The molecule has 0 bridgehead atoms. The molecule has 1 aromatic carbocycles. The third kappa shape index (κ3) is 13.0. The molecule has 0 radical (unpaired) electrons. The number of hydrogen-bond acceptors (Lipinski definition) is 9. The molecule has 0 saturated carbocycles. The molecular formula is C29H45N5O10. The van der Waals surface area contributed by atoms with E-state index in [1.54, 1.807) is 39.8 Å². The summed E-state index contributed by atoms with van der Waals surface area (Å²) < 4.78 is 0. The van der Waals surface area contributed by atoms with Crippen LogP contribution in [0, 0.1) is 11.8 Å². The molecule has 44 heavy (non-hydrogen) atoms. The quantitative estimate of drug-likeness (QED) is 0.0925. The van der Waals surface area contributed by atoms with Gasteiger partial charge >= 0.3 is 11.9 Å². The van der Waals surface area contributed by atoms with Crippen molar-refractivity contribution in [1.82, 2.24) is 21.3 Å². The molecule has 246 valence electrons. The molecule has 1 rings (SSSR count). The van der Waals surface area contributed by atoms with E-state index in [2.05, 4.69) is 21.3 Å². The van der Waals surface area contributed by atoms with E-state index in [0.29, 0.717) is 12.0 Å². The van der Waals surface area contributed by atoms with Gasteiger partial charge in [-0.2, -0.15) is 0 Å². The second kappa shape index (κ2) is 18.4. The highest BCUT2D eigenvalue weighted by molar-refractivity contribution is 5.95. The Bertz CT molecular complexity index is 1140. The lowest BCUT2D eigenvalue weighted by atomic mass is 9.97. The maximum absolute atomic E-state index is 13.3. The zero-order chi connectivity index (χ0) is 33.6. The molecule has 0 heterocycles. The van der Waals surface area contributed by atoms with Gasteiger partial charge in [-0.25, -0.2) is 4.79 Å². The van der Waals surface area contributed by atoms with Crippen LogP contribution in [-0.4, -0.2) is 92.8 Å². The van der Waals surface area contributed by atoms with Crippen LogP contribution in [0.1, 0.15) is 58.9 Å². The van der Waals surface area contributed by atoms with Crippen LogP contribution in [0.15, 0.2) is 24.3 Å². The second-order valence-electron chi connectivity index (χ2n) is 11.1. The fourth-order valence-electron chi connectivity index (χ4n) is 4.17. The first-order valence-corrected chi connectivity index (χ1v) is 14.4. The number of nitrogens with two attached hydrogens (primary N) is 1. The number of nitrogens with one attached hydrogen (secondary N) is 4. The first kappa shape index (κ1) is 37.8. The molecule has 0 aliphatic heterocycles. The van der Waals surface area contributed by atoms with Crippen molar-refractivity contribution in [2.45, 2.75) is 90.0 Å². The standard InChI is InChI=1S/C29H45N5O10/c1-5-16(4)24(28(42)31-20(10-11-23(37)38)26(40)32-21(29(43)44)12-15(2)3)34-27(41)22(14-35)33-25(39)19(30)13-17-6-8-18(36)9-7-17/h6-9,15-16,19-22,24,35-36H,5,10-14,30H2,1-4H3,(H,31,42)(H,32,40)(H,33,39)(H,34,41)(H,37,38)(H,43,44)/t16-,19-,20-,21-,22-,24-/m0/s1. The van der Waals surface area contributed by atoms with E-state index in [1.807, 2.05) is 0 Å². The molecule has 15 nitrogen and oxygen atoms in total. The molecule has 0 aromatic heterocycles. The van der Waals surface area contributed by atoms with E-state index in [0.717, 1.165) is 0 Å². The number of aliphatic carboxylic acids is 2. The highest BCUT2D eigenvalue weighted by Gasteiger charge is 2.34. The number of carboxylic acid groups (broad SMARTS) is 2. The number of aliphatic hydroxyl groups excluding tert-OH is 1. The average Bonchev–Trinajstić information content (AvgIpc) is 2.96. The van der Waals surface area contributed by atoms with Crippen molar-refractivity contribution in [3.8, 4) is 5.75 Å². The monoisotopic (exact) mass is 623 g/mol. The minimum Gasteiger partial charge on any atom is -0.508 e. The lowest BCUT2D eigenvalue weighted by Gasteiger charge is -2.28. The summed E-state index contributed by atoms with van der Waals surface area (Å²) in [5, 5.41) is 47.5. The third-order valence-corrected chi connectivity index (χ3v) is 6.94. The van der Waals surface area contributed by atoms with Gasteiger partial charge in [-0.3, -0.25) is 24.0 Å². The number of hydrogen-bond donors (Lipinski definition) is 9. The molecule has 4 amide bonds. The lowest BCUT2D eigenvalue weighted by Crippen LogP contribution is -2.60. The van der Waals surface area contributed by atoms with E-state index in [4.69, 9.17) is 10.8 Å². The summed E-state index contributed by atoms with van der Waals surface area (Å²) in [6.45, 7) is 6.07. The van der Waals surface area contributed by atoms with Gasteiger partial charge in [0, 0.05) is 6.42 Å². The Labute approximate surface area is 256 Å². The zero-order valence-corrected chi connectivity index (χ0v) is 25.4. The van der Waals surface area contributed by atoms with Gasteiger partial charge < -0.3 is 47.4 Å². The second-order valence-corrected chi connectivity index (χ2v) is 11.1. The van der Waals surface area contributed by atoms with Gasteiger partial charge in [-0.05, 0) is 48.8 Å². The highest BCUT2D eigenvalue weighted by atomic mass is 16.4. The fraction of sp³-hybridized carbons (Fsp3) is 0.586. The van der Waals surface area contributed by atoms with Gasteiger partial charge in [0.2, 0.25) is 23.6 Å². The first-order chi connectivity index (χ1) is 20.6. The van der Waals surface area contributed by atoms with Gasteiger partial charge in [0.05, 0.1) is 12.6 Å². The van der Waals surface area contributed by atoms with Gasteiger partial charge in [-0.1, -0.05) is 46.2 Å². The number of carboxylic acids is 2. The first-order valence-electron chi connectivity index (χ1n) is 14.4. The fourth-order valence-corrected chi connectivity index (χ4v) is 4.17. The van der Waals surface area contributed by atoms with Crippen LogP contribution in [0.4, 0.5) is 0 Å². The molecule has 6 atom stereocenters. The van der Waals surface area contributed by atoms with Crippen molar-refractivity contribution in [2.75, 3.05) is 6.61 Å². The predicted molar refractivity (Wildman–Crippen MR) is 158 cm³/mol. The Morgan fingerprint density at radius 2 is 1.34 bits per heavy atom. The van der Waals surface area contributed by atoms with Gasteiger partial charge in [0.1, 0.15) is 29.9 Å². The van der Waals surface area contributed by atoms with Gasteiger partial charge in [-0.15, -0.1) is 0 Å². The van der Waals surface area contributed by atoms with Crippen LogP contribution in [0.2, 0.25) is 0 Å². The van der Waals surface area contributed by atoms with E-state index in [9.17, 15) is 44.1 Å². The number of amides is 4. The zero-order valence-electron chi connectivity index (χ0n) is 25.4. The van der Waals surface area contributed by atoms with Crippen molar-refractivity contribution >= 4 is 35.6 Å². The number of phenolic OH excluding ortho intramolecular Hbond substituents is 1. The number of carbonyl (C=O) groups is 6. The number of aliphatic hydroxyl groups is 1. The Morgan fingerprint density at radius 3 is 1.84 bits per heavy atom. The van der Waals surface area contributed by atoms with Crippen LogP contribution in [0.5, 0.6) is 5.75 Å². The number of phenols is 1. The van der Waals surface area contributed by atoms with Crippen molar-refractivity contribution < 1.29 is 49.2 Å². The smallest absolute Gasteiger partial charge is 0.326 e. The van der Waals surface area contributed by atoms with Crippen molar-refractivity contribution in [3.63, 3.8) is 0 Å². The van der Waals surface area contributed by atoms with Crippen molar-refractivity contribution in [1.29, 1.82) is 0 Å². The molecule has 0 spiro atoms. The summed E-state index contributed by atoms with van der Waals surface area (Å²) in [7, 11) is 0. The van der Waals surface area contributed by atoms with Crippen molar-refractivity contribution in [2.24, 2.45) is 17.6 Å². The SMILES string of the molecule is CC[C@H](C)[C@H](NC(=O)[C@H](CO)NC(=O)[C@@H](N)Cc1ccc(O)cc1)C(=O)N[C@@H](CCC(=O)O)C(=O)N[C@@H](CC(C)C)C(=O)O. The average molecular weight is 624 g/mol. The minimum atomic E-state index is -1.48. The van der Waals surface area contributed by atoms with Crippen LogP contribution >= 0.6 is 0 Å². The topological polar surface area (TPSA) is 257 Å². The van der Waals surface area contributed by atoms with Crippen molar-refractivity contribution in [3.05, 3.63) is 29.8 Å². The van der Waals surface area contributed by atoms with Crippen LogP contribution in [-0.2, 0) is 35.2 Å². The van der Waals surface area contributed by atoms with Crippen LogP contribution < -0.4 is 27.0 Å². The maximum atomic E-state index is 13.3. The summed E-state index contributed by atoms with van der Waals surface area (Å²) in [6.07, 6.45) is -0.309. The van der Waals surface area contributed by atoms with E-state index in [-0.39, 0.29) is 30.9 Å². The third-order valence-electron chi connectivity index (χ3n) is 6.94. The maximum Gasteiger partial charge on any atom is 0.326 e. The Kier molecular flexibility index (Phi) is 15.8. The summed E-state index contributed by atoms with van der Waals surface area (Å²) in [4.78, 5) is 74.9. The molecule has 0 saturated heterocycles. The Morgan fingerprint density at radius 1 is 0.795 bits per heavy atom.